The average molecular weight is 339 g/mol. The Labute approximate surface area is 146 Å². The number of hydrogen-bond donors (Lipinski definition) is 2. The number of ether oxygens (including phenoxy) is 1. The summed E-state index contributed by atoms with van der Waals surface area (Å²) in [4.78, 5) is 1.09. The van der Waals surface area contributed by atoms with Gasteiger partial charge < -0.3 is 14.6 Å². The van der Waals surface area contributed by atoms with E-state index in [9.17, 15) is 0 Å². The van der Waals surface area contributed by atoms with E-state index >= 15 is 0 Å². The number of rotatable bonds is 4. The molecule has 0 bridgehead atoms. The predicted octanol–water partition coefficient (Wildman–Crippen LogP) is 4.02. The summed E-state index contributed by atoms with van der Waals surface area (Å²) in [6.45, 7) is 1.90. The van der Waals surface area contributed by atoms with E-state index < -0.39 is 0 Å². The summed E-state index contributed by atoms with van der Waals surface area (Å²) < 4.78 is 7.85. The van der Waals surface area contributed by atoms with E-state index in [1.165, 1.54) is 46.2 Å². The summed E-state index contributed by atoms with van der Waals surface area (Å²) in [6, 6.07) is 14.8. The van der Waals surface area contributed by atoms with Crippen LogP contribution in [0.15, 0.2) is 47.4 Å². The number of methoxy groups -OCH3 is 1. The maximum atomic E-state index is 5.62. The number of fused-ring (bicyclic) bond motifs is 3. The van der Waals surface area contributed by atoms with Crippen molar-refractivity contribution in [2.75, 3.05) is 19.0 Å². The van der Waals surface area contributed by atoms with E-state index in [4.69, 9.17) is 9.88 Å². The van der Waals surface area contributed by atoms with Gasteiger partial charge in [-0.25, -0.2) is 0 Å². The molecule has 0 saturated heterocycles. The summed E-state index contributed by atoms with van der Waals surface area (Å²) in [5.74, 6) is 0.902. The van der Waals surface area contributed by atoms with Gasteiger partial charge in [0.2, 0.25) is 0 Å². The third kappa shape index (κ3) is 2.64. The monoisotopic (exact) mass is 339 g/mol. The van der Waals surface area contributed by atoms with Crippen LogP contribution in [0.25, 0.3) is 10.9 Å². The predicted molar refractivity (Wildman–Crippen MR) is 101 cm³/mol. The third-order valence-corrected chi connectivity index (χ3v) is 5.21. The van der Waals surface area contributed by atoms with Crippen molar-refractivity contribution < 1.29 is 4.74 Å². The Bertz CT molecular complexity index is 870. The molecule has 2 aromatic carbocycles. The molecule has 1 aliphatic heterocycles. The van der Waals surface area contributed by atoms with E-state index in [-0.39, 0.29) is 0 Å². The van der Waals surface area contributed by atoms with E-state index in [2.05, 4.69) is 46.3 Å². The highest BCUT2D eigenvalue weighted by molar-refractivity contribution is 7.97. The van der Waals surface area contributed by atoms with Gasteiger partial charge in [-0.1, -0.05) is 12.1 Å². The molecule has 4 nitrogen and oxygen atoms in total. The van der Waals surface area contributed by atoms with Gasteiger partial charge in [0.1, 0.15) is 5.75 Å². The number of aromatic nitrogens is 1. The van der Waals surface area contributed by atoms with Gasteiger partial charge in [0.05, 0.1) is 18.3 Å². The molecule has 0 amide bonds. The Morgan fingerprint density at radius 2 is 2.04 bits per heavy atom. The summed E-state index contributed by atoms with van der Waals surface area (Å²) in [7, 11) is 1.72. The van der Waals surface area contributed by atoms with Crippen LogP contribution in [0.1, 0.15) is 17.7 Å². The van der Waals surface area contributed by atoms with Crippen LogP contribution in [0.2, 0.25) is 0 Å². The lowest BCUT2D eigenvalue weighted by Gasteiger charge is -2.17. The van der Waals surface area contributed by atoms with Crippen LogP contribution in [-0.4, -0.2) is 18.2 Å². The molecule has 1 aliphatic rings. The van der Waals surface area contributed by atoms with Crippen LogP contribution in [-0.2, 0) is 13.0 Å². The molecule has 0 aliphatic carbocycles. The van der Waals surface area contributed by atoms with Crippen LogP contribution < -0.4 is 15.2 Å². The largest absolute Gasteiger partial charge is 0.497 e. The molecule has 4 rings (SSSR count). The van der Waals surface area contributed by atoms with Gasteiger partial charge in [0, 0.05) is 29.1 Å². The number of nitrogens with two attached hydrogens (primary N) is 1. The molecule has 0 saturated carbocycles. The van der Waals surface area contributed by atoms with Gasteiger partial charge in [0.15, 0.2) is 0 Å². The van der Waals surface area contributed by atoms with Crippen molar-refractivity contribution in [2.24, 2.45) is 5.14 Å². The first-order valence-electron chi connectivity index (χ1n) is 8.19. The fraction of sp³-hybridized carbons (Fsp3) is 0.263. The second-order valence-electron chi connectivity index (χ2n) is 6.08. The first kappa shape index (κ1) is 15.4. The van der Waals surface area contributed by atoms with Crippen LogP contribution in [0, 0.1) is 0 Å². The minimum atomic E-state index is 0.870. The first-order valence-corrected chi connectivity index (χ1v) is 9.07. The normalized spacial score (nSPS) is 13.6. The van der Waals surface area contributed by atoms with Crippen LogP contribution >= 0.6 is 11.9 Å². The number of benzene rings is 2. The molecule has 3 N–H and O–H groups in total. The highest BCUT2D eigenvalue weighted by Gasteiger charge is 2.20. The quantitative estimate of drug-likeness (QED) is 0.705. The number of hydrogen-bond acceptors (Lipinski definition) is 4. The molecule has 5 heteroatoms. The molecule has 0 atom stereocenters. The highest BCUT2D eigenvalue weighted by atomic mass is 32.2. The first-order chi connectivity index (χ1) is 11.8. The Kier molecular flexibility index (Phi) is 4.12. The zero-order chi connectivity index (χ0) is 16.5. The number of nitrogens with one attached hydrogen (secondary N) is 1. The van der Waals surface area contributed by atoms with E-state index in [0.29, 0.717) is 0 Å². The van der Waals surface area contributed by atoms with Crippen molar-refractivity contribution >= 4 is 28.5 Å². The van der Waals surface area contributed by atoms with Gasteiger partial charge in [-0.15, -0.1) is 0 Å². The Morgan fingerprint density at radius 3 is 2.79 bits per heavy atom. The van der Waals surface area contributed by atoms with Crippen molar-refractivity contribution in [3.05, 3.63) is 53.7 Å². The average Bonchev–Trinajstić information content (AvgIpc) is 2.96. The van der Waals surface area contributed by atoms with E-state index in [1.807, 2.05) is 6.07 Å². The molecular weight excluding hydrogens is 318 g/mol. The van der Waals surface area contributed by atoms with Gasteiger partial charge in [-0.2, -0.15) is 0 Å². The smallest absolute Gasteiger partial charge is 0.119 e. The fourth-order valence-corrected chi connectivity index (χ4v) is 3.77. The number of nitrogens with zero attached hydrogens (tertiary/aromatic N) is 1. The lowest BCUT2D eigenvalue weighted by molar-refractivity contribution is 0.415. The SMILES string of the molecule is COc1ccc2c(c1)c1c(n2Cc2ccc(SN)cc2)CCCN1. The maximum absolute atomic E-state index is 5.62. The zero-order valence-electron chi connectivity index (χ0n) is 13.7. The Morgan fingerprint density at radius 1 is 1.21 bits per heavy atom. The van der Waals surface area contributed by atoms with Gasteiger partial charge >= 0.3 is 0 Å². The standard InChI is InChI=1S/C19H21N3OS/c1-23-14-6-9-17-16(11-14)19-18(3-2-10-21-19)22(17)12-13-4-7-15(24-20)8-5-13/h4-9,11,21H,2-3,10,12,20H2,1H3. The molecule has 0 unspecified atom stereocenters. The molecular formula is C19H21N3OS. The number of anilines is 1. The Balaban J connectivity index is 1.81. The summed E-state index contributed by atoms with van der Waals surface area (Å²) in [5, 5.41) is 10.5. The molecule has 3 aromatic rings. The second kappa shape index (κ2) is 6.42. The fourth-order valence-electron chi connectivity index (χ4n) is 3.48. The molecule has 124 valence electrons. The third-order valence-electron chi connectivity index (χ3n) is 4.67. The van der Waals surface area contributed by atoms with Crippen molar-refractivity contribution in [2.45, 2.75) is 24.3 Å². The molecule has 24 heavy (non-hydrogen) atoms. The van der Waals surface area contributed by atoms with Crippen LogP contribution in [0.4, 0.5) is 5.69 Å². The summed E-state index contributed by atoms with van der Waals surface area (Å²) in [6.07, 6.45) is 2.28. The van der Waals surface area contributed by atoms with E-state index in [1.54, 1.807) is 7.11 Å². The molecule has 1 aromatic heterocycles. The highest BCUT2D eigenvalue weighted by Crippen LogP contribution is 2.36. The molecule has 0 spiro atoms. The summed E-state index contributed by atoms with van der Waals surface area (Å²) >= 11 is 1.28. The lowest BCUT2D eigenvalue weighted by atomic mass is 10.1. The molecule has 0 radical (unpaired) electrons. The van der Waals surface area contributed by atoms with Gasteiger partial charge in [-0.05, 0) is 60.7 Å². The van der Waals surface area contributed by atoms with Gasteiger partial charge in [-0.3, -0.25) is 5.14 Å². The lowest BCUT2D eigenvalue weighted by Crippen LogP contribution is -2.14. The zero-order valence-corrected chi connectivity index (χ0v) is 14.5. The van der Waals surface area contributed by atoms with Crippen molar-refractivity contribution in [1.29, 1.82) is 0 Å². The molecule has 2 heterocycles. The van der Waals surface area contributed by atoms with Crippen molar-refractivity contribution in [3.8, 4) is 5.75 Å². The van der Waals surface area contributed by atoms with Crippen molar-refractivity contribution in [1.82, 2.24) is 4.57 Å². The van der Waals surface area contributed by atoms with Crippen LogP contribution in [0.3, 0.4) is 0 Å². The van der Waals surface area contributed by atoms with E-state index in [0.717, 1.165) is 30.2 Å². The molecule has 0 fully saturated rings. The minimum absolute atomic E-state index is 0.870. The Hall–Kier alpha value is -2.11. The summed E-state index contributed by atoms with van der Waals surface area (Å²) in [5.41, 5.74) is 5.20. The van der Waals surface area contributed by atoms with Crippen molar-refractivity contribution in [3.63, 3.8) is 0 Å². The van der Waals surface area contributed by atoms with Gasteiger partial charge in [0.25, 0.3) is 0 Å². The second-order valence-corrected chi connectivity index (χ2v) is 6.79. The maximum Gasteiger partial charge on any atom is 0.119 e. The van der Waals surface area contributed by atoms with Crippen LogP contribution in [0.5, 0.6) is 5.75 Å². The topological polar surface area (TPSA) is 52.2 Å². The minimum Gasteiger partial charge on any atom is -0.497 e.